The molecule has 0 unspecified atom stereocenters. The highest BCUT2D eigenvalue weighted by Gasteiger charge is 2.15. The van der Waals surface area contributed by atoms with Crippen LogP contribution < -0.4 is 5.32 Å². The number of carbonyl (C=O) groups excluding carboxylic acids is 1. The molecule has 0 heterocycles. The maximum absolute atomic E-state index is 11.5. The Labute approximate surface area is 97.1 Å². The van der Waals surface area contributed by atoms with Gasteiger partial charge in [-0.1, -0.05) is 31.4 Å². The molecule has 1 N–H and O–H groups in total. The van der Waals surface area contributed by atoms with Crippen molar-refractivity contribution in [2.24, 2.45) is 0 Å². The molecule has 1 aromatic carbocycles. The highest BCUT2D eigenvalue weighted by Crippen LogP contribution is 2.23. The van der Waals surface area contributed by atoms with E-state index in [9.17, 15) is 4.79 Å². The summed E-state index contributed by atoms with van der Waals surface area (Å²) in [5.74, 6) is 0.138. The summed E-state index contributed by atoms with van der Waals surface area (Å²) in [5, 5.41) is 3.51. The molecular weight excluding hydrogens is 198 g/mol. The first-order valence-electron chi connectivity index (χ1n) is 6.14. The van der Waals surface area contributed by atoms with Crippen molar-refractivity contribution in [2.75, 3.05) is 5.32 Å². The van der Waals surface area contributed by atoms with Crippen LogP contribution in [0.15, 0.2) is 24.3 Å². The van der Waals surface area contributed by atoms with Crippen LogP contribution in [-0.2, 0) is 0 Å². The van der Waals surface area contributed by atoms with E-state index in [-0.39, 0.29) is 5.78 Å². The van der Waals surface area contributed by atoms with Crippen molar-refractivity contribution in [1.82, 2.24) is 0 Å². The lowest BCUT2D eigenvalue weighted by Crippen LogP contribution is -2.23. The van der Waals surface area contributed by atoms with E-state index < -0.39 is 0 Å². The first-order valence-corrected chi connectivity index (χ1v) is 6.14. The number of para-hydroxylation sites is 1. The van der Waals surface area contributed by atoms with Gasteiger partial charge in [0.15, 0.2) is 5.78 Å². The topological polar surface area (TPSA) is 29.1 Å². The van der Waals surface area contributed by atoms with E-state index in [1.165, 1.54) is 32.1 Å². The predicted octanol–water partition coefficient (Wildman–Crippen LogP) is 3.63. The van der Waals surface area contributed by atoms with Crippen LogP contribution in [0.1, 0.15) is 49.4 Å². The van der Waals surface area contributed by atoms with Crippen LogP contribution in [0.4, 0.5) is 5.69 Å². The van der Waals surface area contributed by atoms with Crippen LogP contribution >= 0.6 is 0 Å². The van der Waals surface area contributed by atoms with Gasteiger partial charge in [-0.25, -0.2) is 0 Å². The Hall–Kier alpha value is -1.31. The first kappa shape index (κ1) is 11.2. The Morgan fingerprint density at radius 3 is 2.56 bits per heavy atom. The fourth-order valence-corrected chi connectivity index (χ4v) is 2.38. The molecule has 0 atom stereocenters. The lowest BCUT2D eigenvalue weighted by molar-refractivity contribution is 0.101. The minimum Gasteiger partial charge on any atom is -0.382 e. The summed E-state index contributed by atoms with van der Waals surface area (Å²) in [7, 11) is 0. The zero-order chi connectivity index (χ0) is 11.4. The third-order valence-electron chi connectivity index (χ3n) is 3.27. The molecule has 1 aliphatic carbocycles. The number of ketones is 1. The summed E-state index contributed by atoms with van der Waals surface area (Å²) in [6.07, 6.45) is 6.42. The summed E-state index contributed by atoms with van der Waals surface area (Å²) in [5.41, 5.74) is 1.81. The standard InChI is InChI=1S/C14H19NO/c1-11(16)13-9-5-6-10-14(13)15-12-7-3-2-4-8-12/h5-6,9-10,12,15H,2-4,7-8H2,1H3. The number of nitrogens with one attached hydrogen (secondary N) is 1. The number of anilines is 1. The van der Waals surface area contributed by atoms with E-state index in [1.807, 2.05) is 24.3 Å². The van der Waals surface area contributed by atoms with Crippen LogP contribution in [0.25, 0.3) is 0 Å². The number of Topliss-reactive ketones (excluding diaryl/α,β-unsaturated/α-hetero) is 1. The Bertz CT molecular complexity index is 367. The molecule has 2 heteroatoms. The molecular formula is C14H19NO. The minimum absolute atomic E-state index is 0.138. The molecule has 0 aromatic heterocycles. The molecule has 1 fully saturated rings. The Balaban J connectivity index is 2.10. The van der Waals surface area contributed by atoms with Gasteiger partial charge in [-0.15, -0.1) is 0 Å². The molecule has 1 saturated carbocycles. The van der Waals surface area contributed by atoms with E-state index in [1.54, 1.807) is 6.92 Å². The Morgan fingerprint density at radius 2 is 1.88 bits per heavy atom. The van der Waals surface area contributed by atoms with Crippen molar-refractivity contribution in [3.05, 3.63) is 29.8 Å². The van der Waals surface area contributed by atoms with Crippen molar-refractivity contribution in [3.8, 4) is 0 Å². The fourth-order valence-electron chi connectivity index (χ4n) is 2.38. The second-order valence-electron chi connectivity index (χ2n) is 4.58. The molecule has 16 heavy (non-hydrogen) atoms. The van der Waals surface area contributed by atoms with E-state index in [0.29, 0.717) is 6.04 Å². The lowest BCUT2D eigenvalue weighted by Gasteiger charge is -2.24. The van der Waals surface area contributed by atoms with Crippen LogP contribution in [-0.4, -0.2) is 11.8 Å². The number of benzene rings is 1. The fraction of sp³-hybridized carbons (Fsp3) is 0.500. The minimum atomic E-state index is 0.138. The Kier molecular flexibility index (Phi) is 3.60. The third-order valence-corrected chi connectivity index (χ3v) is 3.27. The van der Waals surface area contributed by atoms with Gasteiger partial charge in [-0.05, 0) is 31.9 Å². The second-order valence-corrected chi connectivity index (χ2v) is 4.58. The third kappa shape index (κ3) is 2.63. The van der Waals surface area contributed by atoms with Crippen LogP contribution in [0.2, 0.25) is 0 Å². The number of rotatable bonds is 3. The van der Waals surface area contributed by atoms with Gasteiger partial charge in [0.25, 0.3) is 0 Å². The van der Waals surface area contributed by atoms with Gasteiger partial charge in [0.1, 0.15) is 0 Å². The summed E-state index contributed by atoms with van der Waals surface area (Å²) in [6, 6.07) is 8.36. The first-order chi connectivity index (χ1) is 7.77. The summed E-state index contributed by atoms with van der Waals surface area (Å²) in [6.45, 7) is 1.63. The van der Waals surface area contributed by atoms with Crippen molar-refractivity contribution < 1.29 is 4.79 Å². The van der Waals surface area contributed by atoms with Gasteiger partial charge in [0, 0.05) is 17.3 Å². The van der Waals surface area contributed by atoms with Crippen LogP contribution in [0.3, 0.4) is 0 Å². The molecule has 2 rings (SSSR count). The van der Waals surface area contributed by atoms with Gasteiger partial charge in [0.05, 0.1) is 0 Å². The molecule has 1 aromatic rings. The maximum Gasteiger partial charge on any atom is 0.161 e. The SMILES string of the molecule is CC(=O)c1ccccc1NC1CCCCC1. The smallest absolute Gasteiger partial charge is 0.161 e. The maximum atomic E-state index is 11.5. The van der Waals surface area contributed by atoms with Crippen LogP contribution in [0.5, 0.6) is 0 Å². The average Bonchev–Trinajstić information content (AvgIpc) is 2.31. The molecule has 0 bridgehead atoms. The monoisotopic (exact) mass is 217 g/mol. The van der Waals surface area contributed by atoms with Crippen molar-refractivity contribution in [1.29, 1.82) is 0 Å². The summed E-state index contributed by atoms with van der Waals surface area (Å²) < 4.78 is 0. The quantitative estimate of drug-likeness (QED) is 0.783. The van der Waals surface area contributed by atoms with Gasteiger partial charge in [-0.3, -0.25) is 4.79 Å². The van der Waals surface area contributed by atoms with Crippen molar-refractivity contribution in [2.45, 2.75) is 45.1 Å². The molecule has 86 valence electrons. The number of hydrogen-bond donors (Lipinski definition) is 1. The molecule has 0 aliphatic heterocycles. The summed E-state index contributed by atoms with van der Waals surface area (Å²) >= 11 is 0. The van der Waals surface area contributed by atoms with Gasteiger partial charge in [0.2, 0.25) is 0 Å². The average molecular weight is 217 g/mol. The largest absolute Gasteiger partial charge is 0.382 e. The highest BCUT2D eigenvalue weighted by atomic mass is 16.1. The van der Waals surface area contributed by atoms with E-state index >= 15 is 0 Å². The number of hydrogen-bond acceptors (Lipinski definition) is 2. The predicted molar refractivity (Wildman–Crippen MR) is 66.9 cm³/mol. The molecule has 0 radical (unpaired) electrons. The highest BCUT2D eigenvalue weighted by molar-refractivity contribution is 5.99. The van der Waals surface area contributed by atoms with Gasteiger partial charge < -0.3 is 5.32 Å². The zero-order valence-electron chi connectivity index (χ0n) is 9.83. The molecule has 2 nitrogen and oxygen atoms in total. The summed E-state index contributed by atoms with van der Waals surface area (Å²) in [4.78, 5) is 11.5. The zero-order valence-corrected chi connectivity index (χ0v) is 9.83. The van der Waals surface area contributed by atoms with Crippen molar-refractivity contribution in [3.63, 3.8) is 0 Å². The lowest BCUT2D eigenvalue weighted by atomic mass is 9.95. The van der Waals surface area contributed by atoms with Crippen LogP contribution in [0, 0.1) is 0 Å². The molecule has 1 aliphatic rings. The molecule has 0 spiro atoms. The Morgan fingerprint density at radius 1 is 1.19 bits per heavy atom. The number of carbonyl (C=O) groups is 1. The molecule has 0 saturated heterocycles. The van der Waals surface area contributed by atoms with Crippen molar-refractivity contribution >= 4 is 11.5 Å². The molecule has 0 amide bonds. The normalized spacial score (nSPS) is 17.1. The van der Waals surface area contributed by atoms with Gasteiger partial charge >= 0.3 is 0 Å². The van der Waals surface area contributed by atoms with Gasteiger partial charge in [-0.2, -0.15) is 0 Å². The van der Waals surface area contributed by atoms with E-state index in [4.69, 9.17) is 0 Å². The van der Waals surface area contributed by atoms with E-state index in [2.05, 4.69) is 5.32 Å². The second kappa shape index (κ2) is 5.15. The van der Waals surface area contributed by atoms with E-state index in [0.717, 1.165) is 11.3 Å².